The maximum Gasteiger partial charge on any atom is 0.273 e. The molecule has 0 N–H and O–H groups in total. The minimum atomic E-state index is -3.23. The Balaban J connectivity index is 1.38. The van der Waals surface area contributed by atoms with Crippen molar-refractivity contribution in [2.24, 2.45) is 0 Å². The van der Waals surface area contributed by atoms with E-state index in [0.29, 0.717) is 31.6 Å². The van der Waals surface area contributed by atoms with E-state index < -0.39 is 15.1 Å². The number of sulfone groups is 1. The van der Waals surface area contributed by atoms with Crippen molar-refractivity contribution >= 4 is 27.1 Å². The summed E-state index contributed by atoms with van der Waals surface area (Å²) in [5.74, 6) is -0.0683. The molecule has 0 bridgehead atoms. The number of hydrogen-bond acceptors (Lipinski definition) is 5. The fraction of sp³-hybridized carbons (Fsp3) is 0.273. The summed E-state index contributed by atoms with van der Waals surface area (Å²) >= 11 is 1.45. The molecule has 0 unspecified atom stereocenters. The van der Waals surface area contributed by atoms with Crippen molar-refractivity contribution in [2.45, 2.75) is 23.8 Å². The largest absolute Gasteiger partial charge is 0.337 e. The lowest BCUT2D eigenvalue weighted by molar-refractivity contribution is 0.0720. The number of carbonyl (C=O) groups is 1. The maximum absolute atomic E-state index is 12.8. The number of piperidine rings is 1. The summed E-state index contributed by atoms with van der Waals surface area (Å²) < 4.78 is 25.5. The van der Waals surface area contributed by atoms with Crippen LogP contribution in [0, 0.1) is 0 Å². The Morgan fingerprint density at radius 1 is 1.00 bits per heavy atom. The van der Waals surface area contributed by atoms with E-state index in [9.17, 15) is 13.2 Å². The van der Waals surface area contributed by atoms with Crippen molar-refractivity contribution in [1.29, 1.82) is 0 Å². The van der Waals surface area contributed by atoms with Gasteiger partial charge in [0.25, 0.3) is 5.91 Å². The van der Waals surface area contributed by atoms with Gasteiger partial charge in [-0.2, -0.15) is 0 Å². The molecule has 0 radical (unpaired) electrons. The van der Waals surface area contributed by atoms with Crippen LogP contribution in [0.4, 0.5) is 0 Å². The molecule has 150 valence electrons. The molecule has 1 aromatic heterocycles. The van der Waals surface area contributed by atoms with Crippen molar-refractivity contribution < 1.29 is 13.2 Å². The summed E-state index contributed by atoms with van der Waals surface area (Å²) in [7, 11) is -3.23. The Morgan fingerprint density at radius 3 is 2.28 bits per heavy atom. The van der Waals surface area contributed by atoms with E-state index in [1.165, 1.54) is 11.3 Å². The molecule has 4 rings (SSSR count). The fourth-order valence-corrected chi connectivity index (χ4v) is 6.21. The monoisotopic (exact) mass is 426 g/mol. The second-order valence-corrected chi connectivity index (χ2v) is 10.3. The number of hydrogen-bond donors (Lipinski definition) is 0. The molecule has 0 saturated carbocycles. The van der Waals surface area contributed by atoms with E-state index in [2.05, 4.69) is 4.98 Å². The second kappa shape index (κ2) is 8.47. The van der Waals surface area contributed by atoms with Crippen LogP contribution in [0.5, 0.6) is 0 Å². The molecule has 7 heteroatoms. The summed E-state index contributed by atoms with van der Waals surface area (Å²) in [6.45, 7) is 0.880. The first-order valence-corrected chi connectivity index (χ1v) is 12.2. The summed E-state index contributed by atoms with van der Waals surface area (Å²) in [5, 5.41) is 2.19. The lowest BCUT2D eigenvalue weighted by atomic mass is 10.1. The second-order valence-electron chi connectivity index (χ2n) is 7.19. The lowest BCUT2D eigenvalue weighted by Crippen LogP contribution is -2.42. The molecular formula is C22H22N2O3S2. The molecule has 1 aliphatic rings. The molecule has 2 heterocycles. The lowest BCUT2D eigenvalue weighted by Gasteiger charge is -2.31. The van der Waals surface area contributed by atoms with Crippen LogP contribution >= 0.6 is 11.3 Å². The quantitative estimate of drug-likeness (QED) is 0.618. The summed E-state index contributed by atoms with van der Waals surface area (Å²) in [4.78, 5) is 19.0. The Labute approximate surface area is 175 Å². The van der Waals surface area contributed by atoms with Crippen molar-refractivity contribution in [3.05, 3.63) is 77.3 Å². The smallest absolute Gasteiger partial charge is 0.273 e. The number of carbonyl (C=O) groups excluding carboxylic acids is 1. The number of benzene rings is 2. The van der Waals surface area contributed by atoms with Gasteiger partial charge >= 0.3 is 0 Å². The van der Waals surface area contributed by atoms with E-state index >= 15 is 0 Å². The van der Waals surface area contributed by atoms with Gasteiger partial charge in [0, 0.05) is 24.0 Å². The first-order chi connectivity index (χ1) is 14.0. The van der Waals surface area contributed by atoms with Gasteiger partial charge in [-0.3, -0.25) is 4.79 Å². The number of likely N-dealkylation sites (tertiary alicyclic amines) is 1. The fourth-order valence-electron chi connectivity index (χ4n) is 3.59. The Bertz CT molecular complexity index is 1070. The molecule has 0 atom stereocenters. The minimum absolute atomic E-state index is 0.0545. The Morgan fingerprint density at radius 2 is 1.62 bits per heavy atom. The summed E-state index contributed by atoms with van der Waals surface area (Å²) in [5.41, 5.74) is 2.23. The van der Waals surface area contributed by atoms with Gasteiger partial charge in [0.05, 0.1) is 11.0 Å². The van der Waals surface area contributed by atoms with Crippen molar-refractivity contribution in [1.82, 2.24) is 9.88 Å². The van der Waals surface area contributed by atoms with Crippen LogP contribution in [0.3, 0.4) is 0 Å². The van der Waals surface area contributed by atoms with Crippen LogP contribution < -0.4 is 0 Å². The molecule has 1 fully saturated rings. The normalized spacial score (nSPS) is 15.4. The van der Waals surface area contributed by atoms with Crippen LogP contribution in [-0.4, -0.2) is 42.5 Å². The van der Waals surface area contributed by atoms with Crippen LogP contribution in [0.2, 0.25) is 0 Å². The van der Waals surface area contributed by atoms with Crippen LogP contribution in [0.1, 0.15) is 28.9 Å². The van der Waals surface area contributed by atoms with E-state index in [0.717, 1.165) is 16.1 Å². The van der Waals surface area contributed by atoms with Gasteiger partial charge in [0.1, 0.15) is 10.7 Å². The topological polar surface area (TPSA) is 67.3 Å². The molecular weight excluding hydrogens is 404 g/mol. The molecule has 1 aliphatic heterocycles. The highest BCUT2D eigenvalue weighted by atomic mass is 32.2. The summed E-state index contributed by atoms with van der Waals surface area (Å²) in [6, 6.07) is 19.0. The first kappa shape index (κ1) is 19.8. The Hall–Kier alpha value is -2.51. The van der Waals surface area contributed by atoms with Gasteiger partial charge in [-0.25, -0.2) is 13.4 Å². The molecule has 29 heavy (non-hydrogen) atoms. The molecule has 1 amide bonds. The van der Waals surface area contributed by atoms with Crippen molar-refractivity contribution in [3.8, 4) is 10.6 Å². The van der Waals surface area contributed by atoms with Gasteiger partial charge in [-0.05, 0) is 18.4 Å². The number of thiazole rings is 1. The van der Waals surface area contributed by atoms with Gasteiger partial charge in [0.15, 0.2) is 9.84 Å². The molecule has 1 saturated heterocycles. The maximum atomic E-state index is 12.8. The average molecular weight is 427 g/mol. The zero-order valence-corrected chi connectivity index (χ0v) is 17.5. The van der Waals surface area contributed by atoms with Crippen LogP contribution in [-0.2, 0) is 15.6 Å². The zero-order valence-electron chi connectivity index (χ0n) is 15.9. The first-order valence-electron chi connectivity index (χ1n) is 9.59. The predicted octanol–water partition coefficient (Wildman–Crippen LogP) is 4.03. The predicted molar refractivity (Wildman–Crippen MR) is 116 cm³/mol. The Kier molecular flexibility index (Phi) is 5.78. The van der Waals surface area contributed by atoms with Crippen molar-refractivity contribution in [2.75, 3.05) is 13.1 Å². The molecule has 3 aromatic rings. The SMILES string of the molecule is O=C(c1csc(-c2ccccc2)n1)N1CCC(S(=O)(=O)Cc2ccccc2)CC1. The van der Waals surface area contributed by atoms with Gasteiger partial charge < -0.3 is 4.90 Å². The van der Waals surface area contributed by atoms with E-state index in [-0.39, 0.29) is 11.7 Å². The number of aromatic nitrogens is 1. The van der Waals surface area contributed by atoms with Crippen LogP contribution in [0.15, 0.2) is 66.0 Å². The molecule has 5 nitrogen and oxygen atoms in total. The summed E-state index contributed by atoms with van der Waals surface area (Å²) in [6.07, 6.45) is 0.938. The number of nitrogens with zero attached hydrogens (tertiary/aromatic N) is 2. The highest BCUT2D eigenvalue weighted by molar-refractivity contribution is 7.91. The third-order valence-electron chi connectivity index (χ3n) is 5.19. The highest BCUT2D eigenvalue weighted by Gasteiger charge is 2.32. The zero-order chi connectivity index (χ0) is 20.3. The van der Waals surface area contributed by atoms with E-state index in [1.807, 2.05) is 60.7 Å². The molecule has 0 spiro atoms. The van der Waals surface area contributed by atoms with Gasteiger partial charge in [-0.1, -0.05) is 60.7 Å². The van der Waals surface area contributed by atoms with Gasteiger partial charge in [0.2, 0.25) is 0 Å². The third-order valence-corrected chi connectivity index (χ3v) is 8.31. The number of rotatable bonds is 5. The third kappa shape index (κ3) is 4.57. The van der Waals surface area contributed by atoms with Crippen molar-refractivity contribution in [3.63, 3.8) is 0 Å². The molecule has 2 aromatic carbocycles. The van der Waals surface area contributed by atoms with Crippen LogP contribution in [0.25, 0.3) is 10.6 Å². The standard InChI is InChI=1S/C22H22N2O3S2/c25-22(20-15-28-21(23-20)18-9-5-2-6-10-18)24-13-11-19(12-14-24)29(26,27)16-17-7-3-1-4-8-17/h1-10,15,19H,11-14,16H2. The molecule has 0 aliphatic carbocycles. The number of amides is 1. The minimum Gasteiger partial charge on any atom is -0.337 e. The van der Waals surface area contributed by atoms with E-state index in [1.54, 1.807) is 10.3 Å². The highest BCUT2D eigenvalue weighted by Crippen LogP contribution is 2.26. The van der Waals surface area contributed by atoms with E-state index in [4.69, 9.17) is 0 Å². The average Bonchev–Trinajstić information content (AvgIpc) is 3.25. The van der Waals surface area contributed by atoms with Gasteiger partial charge in [-0.15, -0.1) is 11.3 Å².